The monoisotopic (exact) mass is 437 g/mol. The van der Waals surface area contributed by atoms with E-state index in [0.717, 1.165) is 45.1 Å². The Balaban J connectivity index is 1.27. The number of ether oxygens (including phenoxy) is 2. The maximum atomic E-state index is 13.8. The molecule has 2 heterocycles. The fourth-order valence-corrected chi connectivity index (χ4v) is 5.79. The molecule has 0 aromatic carbocycles. The van der Waals surface area contributed by atoms with Crippen molar-refractivity contribution >= 4 is 5.91 Å². The zero-order valence-corrected chi connectivity index (χ0v) is 18.3. The number of amides is 1. The number of aliphatic hydroxyl groups excluding tert-OH is 1. The molecule has 5 atom stereocenters. The third kappa shape index (κ3) is 5.75. The number of carbonyl (C=O) groups excluding carboxylic acids is 1. The number of carbonyl (C=O) groups is 1. The molecule has 8 heteroatoms. The molecule has 7 nitrogen and oxygen atoms in total. The number of hydrogen-bond acceptors (Lipinski definition) is 6. The predicted molar refractivity (Wildman–Crippen MR) is 112 cm³/mol. The molecule has 0 bridgehead atoms. The van der Waals surface area contributed by atoms with Crippen LogP contribution in [0.15, 0.2) is 0 Å². The Labute approximate surface area is 184 Å². The summed E-state index contributed by atoms with van der Waals surface area (Å²) in [4.78, 5) is 14.7. The Morgan fingerprint density at radius 3 is 2.90 bits per heavy atom. The molecular weight excluding hydrogens is 401 g/mol. The number of β-amino-alcohol motifs (C(OH)–C–C–N with tert-alkyl or cyclic N) is 1. The zero-order valence-electron chi connectivity index (χ0n) is 18.3. The van der Waals surface area contributed by atoms with Crippen molar-refractivity contribution in [2.24, 2.45) is 11.8 Å². The van der Waals surface area contributed by atoms with Gasteiger partial charge in [0, 0.05) is 25.6 Å². The van der Waals surface area contributed by atoms with Gasteiger partial charge in [0.05, 0.1) is 42.5 Å². The highest BCUT2D eigenvalue weighted by atomic mass is 19.1. The Kier molecular flexibility index (Phi) is 7.48. The average Bonchev–Trinajstić information content (AvgIpc) is 2.90. The smallest absolute Gasteiger partial charge is 0.225 e. The first-order valence-corrected chi connectivity index (χ1v) is 12.0. The van der Waals surface area contributed by atoms with Crippen molar-refractivity contribution in [1.29, 1.82) is 5.26 Å². The van der Waals surface area contributed by atoms with Gasteiger partial charge in [-0.1, -0.05) is 0 Å². The van der Waals surface area contributed by atoms with Crippen molar-refractivity contribution < 1.29 is 23.8 Å². The normalized spacial score (nSPS) is 40.4. The van der Waals surface area contributed by atoms with Crippen LogP contribution in [0.4, 0.5) is 4.39 Å². The van der Waals surface area contributed by atoms with E-state index in [1.807, 2.05) is 0 Å². The quantitative estimate of drug-likeness (QED) is 0.683. The molecule has 31 heavy (non-hydrogen) atoms. The van der Waals surface area contributed by atoms with E-state index in [2.05, 4.69) is 16.3 Å². The number of nitrogens with one attached hydrogen (secondary N) is 1. The number of nitriles is 1. The molecule has 0 radical (unpaired) electrons. The van der Waals surface area contributed by atoms with Crippen molar-refractivity contribution in [3.8, 4) is 6.07 Å². The molecule has 1 amide bonds. The first kappa shape index (κ1) is 22.9. The molecule has 2 N–H and O–H groups in total. The van der Waals surface area contributed by atoms with Gasteiger partial charge in [0.15, 0.2) is 0 Å². The Bertz CT molecular complexity index is 666. The number of aliphatic hydroxyl groups is 1. The lowest BCUT2D eigenvalue weighted by molar-refractivity contribution is -0.151. The van der Waals surface area contributed by atoms with E-state index in [-0.39, 0.29) is 30.5 Å². The van der Waals surface area contributed by atoms with E-state index in [0.29, 0.717) is 39.1 Å². The van der Waals surface area contributed by atoms with Crippen LogP contribution < -0.4 is 5.32 Å². The molecule has 4 rings (SSSR count). The third-order valence-electron chi connectivity index (χ3n) is 7.51. The highest BCUT2D eigenvalue weighted by molar-refractivity contribution is 5.79. The molecule has 4 fully saturated rings. The van der Waals surface area contributed by atoms with Gasteiger partial charge in [0.25, 0.3) is 0 Å². The number of alkyl halides is 1. The van der Waals surface area contributed by atoms with Crippen LogP contribution in [0, 0.1) is 23.2 Å². The SMILES string of the molecule is N#CC1CCC(OC[C@@H](O)CN2CCC[C@]3(CNC(=O)C4CC(F)CCC4O3)C2)CC1. The second kappa shape index (κ2) is 10.1. The van der Waals surface area contributed by atoms with Crippen molar-refractivity contribution in [3.63, 3.8) is 0 Å². The highest BCUT2D eigenvalue weighted by Gasteiger charge is 2.47. The van der Waals surface area contributed by atoms with Gasteiger partial charge in [-0.05, 0) is 64.3 Å². The number of piperidine rings is 1. The first-order valence-electron chi connectivity index (χ1n) is 12.0. The van der Waals surface area contributed by atoms with Crippen LogP contribution in [-0.4, -0.2) is 78.8 Å². The Morgan fingerprint density at radius 2 is 2.13 bits per heavy atom. The Morgan fingerprint density at radius 1 is 1.32 bits per heavy atom. The summed E-state index contributed by atoms with van der Waals surface area (Å²) in [6.45, 7) is 2.78. The highest BCUT2D eigenvalue weighted by Crippen LogP contribution is 2.37. The van der Waals surface area contributed by atoms with Crippen molar-refractivity contribution in [1.82, 2.24) is 10.2 Å². The van der Waals surface area contributed by atoms with Crippen molar-refractivity contribution in [3.05, 3.63) is 0 Å². The summed E-state index contributed by atoms with van der Waals surface area (Å²) in [6, 6.07) is 2.33. The number of rotatable bonds is 5. The molecule has 2 aliphatic heterocycles. The van der Waals surface area contributed by atoms with E-state index in [1.54, 1.807) is 0 Å². The first-order chi connectivity index (χ1) is 15.0. The van der Waals surface area contributed by atoms with Gasteiger partial charge in [0.2, 0.25) is 5.91 Å². The van der Waals surface area contributed by atoms with Gasteiger partial charge in [-0.15, -0.1) is 0 Å². The van der Waals surface area contributed by atoms with Crippen LogP contribution in [0.2, 0.25) is 0 Å². The molecule has 2 saturated carbocycles. The van der Waals surface area contributed by atoms with Gasteiger partial charge in [-0.25, -0.2) is 4.39 Å². The van der Waals surface area contributed by atoms with Gasteiger partial charge in [0.1, 0.15) is 6.17 Å². The van der Waals surface area contributed by atoms with E-state index in [4.69, 9.17) is 14.7 Å². The summed E-state index contributed by atoms with van der Waals surface area (Å²) >= 11 is 0. The lowest BCUT2D eigenvalue weighted by Crippen LogP contribution is -2.56. The minimum atomic E-state index is -0.919. The van der Waals surface area contributed by atoms with Gasteiger partial charge >= 0.3 is 0 Å². The molecule has 0 aromatic rings. The predicted octanol–water partition coefficient (Wildman–Crippen LogP) is 1.93. The maximum absolute atomic E-state index is 13.8. The van der Waals surface area contributed by atoms with E-state index in [9.17, 15) is 14.3 Å². The van der Waals surface area contributed by atoms with Crippen LogP contribution in [0.5, 0.6) is 0 Å². The van der Waals surface area contributed by atoms with Crippen molar-refractivity contribution in [2.45, 2.75) is 87.9 Å². The maximum Gasteiger partial charge on any atom is 0.225 e. The second-order valence-electron chi connectivity index (χ2n) is 10.0. The summed E-state index contributed by atoms with van der Waals surface area (Å²) in [5.41, 5.74) is -0.466. The minimum Gasteiger partial charge on any atom is -0.389 e. The number of nitrogens with zero attached hydrogens (tertiary/aromatic N) is 2. The van der Waals surface area contributed by atoms with Crippen LogP contribution in [0.25, 0.3) is 0 Å². The molecule has 1 spiro atoms. The molecule has 174 valence electrons. The van der Waals surface area contributed by atoms with E-state index >= 15 is 0 Å². The minimum absolute atomic E-state index is 0.0825. The fraction of sp³-hybridized carbons (Fsp3) is 0.913. The molecular formula is C23H36FN3O4. The summed E-state index contributed by atoms with van der Waals surface area (Å²) < 4.78 is 26.3. The molecule has 4 aliphatic rings. The lowest BCUT2D eigenvalue weighted by atomic mass is 9.84. The van der Waals surface area contributed by atoms with Crippen LogP contribution in [-0.2, 0) is 14.3 Å². The fourth-order valence-electron chi connectivity index (χ4n) is 5.79. The lowest BCUT2D eigenvalue weighted by Gasteiger charge is -2.44. The average molecular weight is 438 g/mol. The summed E-state index contributed by atoms with van der Waals surface area (Å²) in [6.07, 6.45) is 5.03. The molecule has 0 aromatic heterocycles. The summed E-state index contributed by atoms with van der Waals surface area (Å²) in [5, 5.41) is 22.6. The third-order valence-corrected chi connectivity index (χ3v) is 7.51. The van der Waals surface area contributed by atoms with Crippen LogP contribution in [0.1, 0.15) is 57.8 Å². The topological polar surface area (TPSA) is 94.8 Å². The Hall–Kier alpha value is -1.27. The summed E-state index contributed by atoms with van der Waals surface area (Å²) in [7, 11) is 0. The van der Waals surface area contributed by atoms with Gasteiger partial charge in [-0.3, -0.25) is 9.69 Å². The van der Waals surface area contributed by atoms with Gasteiger partial charge in [-0.2, -0.15) is 5.26 Å². The summed E-state index contributed by atoms with van der Waals surface area (Å²) in [5.74, 6) is -0.330. The number of halogens is 1. The van der Waals surface area contributed by atoms with Crippen LogP contribution >= 0.6 is 0 Å². The second-order valence-corrected chi connectivity index (χ2v) is 10.0. The standard InChI is InChI=1S/C23H36FN3O4/c24-17-4-7-21-20(10-17)22(29)26-14-23(31-21)8-1-9-27(15-23)12-18(28)13-30-19-5-2-16(11-25)3-6-19/h16-21,28H,1-10,12-15H2,(H,26,29)/t16?,17?,18-,19?,20?,21?,23-/m0/s1. The number of likely N-dealkylation sites (tertiary alicyclic amines) is 1. The molecule has 2 saturated heterocycles. The van der Waals surface area contributed by atoms with E-state index < -0.39 is 23.8 Å². The van der Waals surface area contributed by atoms with E-state index in [1.165, 1.54) is 0 Å². The largest absolute Gasteiger partial charge is 0.389 e. The van der Waals surface area contributed by atoms with Crippen molar-refractivity contribution in [2.75, 3.05) is 32.8 Å². The number of hydrogen-bond donors (Lipinski definition) is 2. The molecule has 2 aliphatic carbocycles. The van der Waals surface area contributed by atoms with Gasteiger partial charge < -0.3 is 19.9 Å². The number of fused-ring (bicyclic) bond motifs is 1. The van der Waals surface area contributed by atoms with Crippen LogP contribution in [0.3, 0.4) is 0 Å². The molecule has 3 unspecified atom stereocenters. The zero-order chi connectivity index (χ0) is 21.8.